The van der Waals surface area contributed by atoms with E-state index in [4.69, 9.17) is 4.74 Å². The molecule has 0 bridgehead atoms. The van der Waals surface area contributed by atoms with Crippen molar-refractivity contribution in [3.8, 4) is 0 Å². The number of esters is 1. The Labute approximate surface area is 114 Å². The van der Waals surface area contributed by atoms with Crippen LogP contribution in [0.3, 0.4) is 0 Å². The molecular weight excluding hydrogens is 245 g/mol. The number of hydrogen-bond acceptors (Lipinski definition) is 3. The van der Waals surface area contributed by atoms with Crippen LogP contribution >= 0.6 is 0 Å². The van der Waals surface area contributed by atoms with Crippen molar-refractivity contribution in [3.63, 3.8) is 0 Å². The Hall–Kier alpha value is -1.42. The molecule has 0 aliphatic rings. The summed E-state index contributed by atoms with van der Waals surface area (Å²) < 4.78 is 17.6. The van der Waals surface area contributed by atoms with Crippen LogP contribution in [0.2, 0.25) is 0 Å². The lowest BCUT2D eigenvalue weighted by atomic mass is 9.88. The standard InChI is InChI=1S/C15H22FNO2/c1-4-15(5-2,10-14(18)19-3)17-11-12-6-8-13(16)9-7-12/h6-9,17H,4-5,10-11H2,1-3H3. The molecular formula is C15H22FNO2. The highest BCUT2D eigenvalue weighted by molar-refractivity contribution is 5.70. The van der Waals surface area contributed by atoms with E-state index in [1.165, 1.54) is 19.2 Å². The van der Waals surface area contributed by atoms with Crippen molar-refractivity contribution in [3.05, 3.63) is 35.6 Å². The molecule has 1 rings (SSSR count). The fourth-order valence-electron chi connectivity index (χ4n) is 2.05. The monoisotopic (exact) mass is 267 g/mol. The third-order valence-corrected chi connectivity index (χ3v) is 3.64. The zero-order valence-corrected chi connectivity index (χ0v) is 11.8. The predicted molar refractivity (Wildman–Crippen MR) is 73.2 cm³/mol. The highest BCUT2D eigenvalue weighted by atomic mass is 19.1. The molecule has 0 radical (unpaired) electrons. The molecule has 106 valence electrons. The summed E-state index contributed by atoms with van der Waals surface area (Å²) in [4.78, 5) is 11.5. The van der Waals surface area contributed by atoms with Crippen LogP contribution < -0.4 is 5.32 Å². The quantitative estimate of drug-likeness (QED) is 0.772. The van der Waals surface area contributed by atoms with Gasteiger partial charge in [0.1, 0.15) is 5.82 Å². The zero-order valence-electron chi connectivity index (χ0n) is 11.8. The number of rotatable bonds is 7. The van der Waals surface area contributed by atoms with Crippen LogP contribution in [0.15, 0.2) is 24.3 Å². The van der Waals surface area contributed by atoms with Gasteiger partial charge in [-0.1, -0.05) is 26.0 Å². The second kappa shape index (κ2) is 7.24. The van der Waals surface area contributed by atoms with Crippen molar-refractivity contribution in [2.45, 2.75) is 45.2 Å². The highest BCUT2D eigenvalue weighted by Crippen LogP contribution is 2.21. The molecule has 19 heavy (non-hydrogen) atoms. The molecule has 0 spiro atoms. The molecule has 0 heterocycles. The summed E-state index contributed by atoms with van der Waals surface area (Å²) in [5, 5.41) is 3.41. The van der Waals surface area contributed by atoms with E-state index in [1.54, 1.807) is 12.1 Å². The van der Waals surface area contributed by atoms with E-state index in [2.05, 4.69) is 5.32 Å². The zero-order chi connectivity index (χ0) is 14.3. The summed E-state index contributed by atoms with van der Waals surface area (Å²) >= 11 is 0. The Morgan fingerprint density at radius 2 is 1.84 bits per heavy atom. The molecule has 3 nitrogen and oxygen atoms in total. The van der Waals surface area contributed by atoms with E-state index in [9.17, 15) is 9.18 Å². The second-order valence-corrected chi connectivity index (χ2v) is 4.72. The Balaban J connectivity index is 2.67. The van der Waals surface area contributed by atoms with E-state index < -0.39 is 0 Å². The SMILES string of the molecule is CCC(CC)(CC(=O)OC)NCc1ccc(F)cc1. The average molecular weight is 267 g/mol. The molecule has 1 N–H and O–H groups in total. The summed E-state index contributed by atoms with van der Waals surface area (Å²) in [5.41, 5.74) is 0.735. The average Bonchev–Trinajstić information content (AvgIpc) is 2.45. The topological polar surface area (TPSA) is 38.3 Å². The van der Waals surface area contributed by atoms with Gasteiger partial charge in [0.2, 0.25) is 0 Å². The molecule has 1 aromatic rings. The molecule has 0 aliphatic heterocycles. The van der Waals surface area contributed by atoms with Gasteiger partial charge in [0.15, 0.2) is 0 Å². The fraction of sp³-hybridized carbons (Fsp3) is 0.533. The number of ether oxygens (including phenoxy) is 1. The lowest BCUT2D eigenvalue weighted by molar-refractivity contribution is -0.142. The van der Waals surface area contributed by atoms with Crippen LogP contribution in [0, 0.1) is 5.82 Å². The fourth-order valence-corrected chi connectivity index (χ4v) is 2.05. The Morgan fingerprint density at radius 3 is 2.32 bits per heavy atom. The highest BCUT2D eigenvalue weighted by Gasteiger charge is 2.28. The summed E-state index contributed by atoms with van der Waals surface area (Å²) in [7, 11) is 1.40. The van der Waals surface area contributed by atoms with E-state index in [1.807, 2.05) is 13.8 Å². The number of hydrogen-bond donors (Lipinski definition) is 1. The summed E-state index contributed by atoms with van der Waals surface area (Å²) in [6.07, 6.45) is 2.01. The van der Waals surface area contributed by atoms with Gasteiger partial charge in [0, 0.05) is 12.1 Å². The smallest absolute Gasteiger partial charge is 0.307 e. The van der Waals surface area contributed by atoms with Crippen molar-refractivity contribution in [2.75, 3.05) is 7.11 Å². The largest absolute Gasteiger partial charge is 0.469 e. The van der Waals surface area contributed by atoms with Gasteiger partial charge in [0.25, 0.3) is 0 Å². The van der Waals surface area contributed by atoms with Crippen molar-refractivity contribution >= 4 is 5.97 Å². The molecule has 0 fully saturated rings. The Morgan fingerprint density at radius 1 is 1.26 bits per heavy atom. The normalized spacial score (nSPS) is 11.4. The summed E-state index contributed by atoms with van der Waals surface area (Å²) in [6.45, 7) is 4.70. The van der Waals surface area contributed by atoms with Crippen LogP contribution in [0.1, 0.15) is 38.7 Å². The maximum absolute atomic E-state index is 12.8. The molecule has 1 aromatic carbocycles. The first-order valence-corrected chi connectivity index (χ1v) is 6.61. The molecule has 0 unspecified atom stereocenters. The van der Waals surface area contributed by atoms with Crippen LogP contribution in [0.25, 0.3) is 0 Å². The third kappa shape index (κ3) is 4.63. The lowest BCUT2D eigenvalue weighted by Gasteiger charge is -2.32. The first-order valence-electron chi connectivity index (χ1n) is 6.61. The van der Waals surface area contributed by atoms with Crippen molar-refractivity contribution in [1.29, 1.82) is 0 Å². The lowest BCUT2D eigenvalue weighted by Crippen LogP contribution is -2.45. The number of carbonyl (C=O) groups is 1. The molecule has 0 atom stereocenters. The van der Waals surface area contributed by atoms with Crippen LogP contribution in [-0.4, -0.2) is 18.6 Å². The molecule has 0 aromatic heterocycles. The number of benzene rings is 1. The number of methoxy groups -OCH3 is 1. The first-order chi connectivity index (χ1) is 9.05. The molecule has 0 amide bonds. The van der Waals surface area contributed by atoms with Crippen LogP contribution in [0.4, 0.5) is 4.39 Å². The molecule has 4 heteroatoms. The van der Waals surface area contributed by atoms with Gasteiger partial charge in [-0.2, -0.15) is 0 Å². The first kappa shape index (κ1) is 15.6. The Bertz CT molecular complexity index is 399. The molecule has 0 saturated heterocycles. The number of nitrogens with one attached hydrogen (secondary N) is 1. The number of carbonyl (C=O) groups excluding carboxylic acids is 1. The van der Waals surface area contributed by atoms with E-state index in [-0.39, 0.29) is 17.3 Å². The van der Waals surface area contributed by atoms with Gasteiger partial charge >= 0.3 is 5.97 Å². The van der Waals surface area contributed by atoms with Gasteiger partial charge in [-0.25, -0.2) is 4.39 Å². The van der Waals surface area contributed by atoms with Crippen LogP contribution in [-0.2, 0) is 16.1 Å². The molecule has 0 aliphatic carbocycles. The summed E-state index contributed by atoms with van der Waals surface area (Å²) in [5.74, 6) is -0.453. The number of halogens is 1. The third-order valence-electron chi connectivity index (χ3n) is 3.64. The minimum atomic E-state index is -0.262. The van der Waals surface area contributed by atoms with Gasteiger partial charge in [-0.15, -0.1) is 0 Å². The minimum absolute atomic E-state index is 0.213. The maximum Gasteiger partial charge on any atom is 0.307 e. The molecule has 0 saturated carbocycles. The van der Waals surface area contributed by atoms with Crippen molar-refractivity contribution in [2.24, 2.45) is 0 Å². The van der Waals surface area contributed by atoms with Crippen molar-refractivity contribution in [1.82, 2.24) is 5.32 Å². The second-order valence-electron chi connectivity index (χ2n) is 4.72. The maximum atomic E-state index is 12.8. The van der Waals surface area contributed by atoms with E-state index in [0.29, 0.717) is 13.0 Å². The van der Waals surface area contributed by atoms with Gasteiger partial charge in [-0.3, -0.25) is 4.79 Å². The predicted octanol–water partition coefficient (Wildman–Crippen LogP) is 3.04. The summed E-state index contributed by atoms with van der Waals surface area (Å²) in [6, 6.07) is 6.38. The van der Waals surface area contributed by atoms with Gasteiger partial charge in [0.05, 0.1) is 13.5 Å². The van der Waals surface area contributed by atoms with Gasteiger partial charge in [-0.05, 0) is 30.5 Å². The van der Waals surface area contributed by atoms with E-state index in [0.717, 1.165) is 18.4 Å². The van der Waals surface area contributed by atoms with Crippen LogP contribution in [0.5, 0.6) is 0 Å². The van der Waals surface area contributed by atoms with Gasteiger partial charge < -0.3 is 10.1 Å². The van der Waals surface area contributed by atoms with E-state index >= 15 is 0 Å². The van der Waals surface area contributed by atoms with Crippen molar-refractivity contribution < 1.29 is 13.9 Å². The minimum Gasteiger partial charge on any atom is -0.469 e. The Kier molecular flexibility index (Phi) is 5.96.